The van der Waals surface area contributed by atoms with Gasteiger partial charge in [0.05, 0.1) is 22.1 Å². The van der Waals surface area contributed by atoms with Gasteiger partial charge in [0.2, 0.25) is 0 Å². The fourth-order valence-electron chi connectivity index (χ4n) is 12.7. The average molecular weight is 953 g/mol. The van der Waals surface area contributed by atoms with Crippen LogP contribution in [-0.4, -0.2) is 4.57 Å². The normalized spacial score (nSPS) is 12.6. The van der Waals surface area contributed by atoms with Gasteiger partial charge in [0.15, 0.2) is 0 Å². The predicted octanol–water partition coefficient (Wildman–Crippen LogP) is 19.4. The standard InChI is InChI=1S/C73H48N2/c1-4-19-56(20-5-1)73(57-21-6-2-7-22-57)67-28-15-14-27-65(67)71-68(73)29-16-30-69(71)74(59-41-35-49(36-42-59)54-34-33-53-32-31-51-17-10-12-25-61(51)66(53)47-54)60-43-37-50(38-44-60)55-40-45-63-64-46-39-52-18-11-13-26-62(52)72(64)75(70(63)48-55)58-23-8-3-9-24-58/h1-48H. The molecule has 0 N–H and O–H groups in total. The summed E-state index contributed by atoms with van der Waals surface area (Å²) < 4.78 is 2.45. The molecular formula is C73H48N2. The number of rotatable bonds is 8. The zero-order valence-electron chi connectivity index (χ0n) is 41.1. The van der Waals surface area contributed by atoms with Gasteiger partial charge in [0.25, 0.3) is 0 Å². The van der Waals surface area contributed by atoms with Crippen molar-refractivity contribution in [3.63, 3.8) is 0 Å². The van der Waals surface area contributed by atoms with Crippen molar-refractivity contribution < 1.29 is 0 Å². The second-order valence-electron chi connectivity index (χ2n) is 20.0. The maximum absolute atomic E-state index is 2.48. The molecule has 0 saturated carbocycles. The first-order chi connectivity index (χ1) is 37.2. The van der Waals surface area contributed by atoms with Crippen molar-refractivity contribution in [2.45, 2.75) is 5.41 Å². The van der Waals surface area contributed by atoms with Gasteiger partial charge in [-0.3, -0.25) is 0 Å². The Labute approximate surface area is 436 Å². The SMILES string of the molecule is c1ccc(-n2c3cc(-c4ccc(N(c5ccc(-c6ccc7ccc8ccccc8c7c6)cc5)c5cccc6c5-c5ccccc5C6(c5ccccc5)c5ccccc5)cc4)ccc3c3ccc4ccccc4c32)cc1. The molecule has 0 amide bonds. The molecule has 0 fully saturated rings. The van der Waals surface area contributed by atoms with E-state index < -0.39 is 5.41 Å². The smallest absolute Gasteiger partial charge is 0.0714 e. The summed E-state index contributed by atoms with van der Waals surface area (Å²) in [5.74, 6) is 0. The second kappa shape index (κ2) is 17.2. The summed E-state index contributed by atoms with van der Waals surface area (Å²) in [6.45, 7) is 0. The van der Waals surface area contributed by atoms with Crippen LogP contribution in [0.3, 0.4) is 0 Å². The van der Waals surface area contributed by atoms with E-state index >= 15 is 0 Å². The van der Waals surface area contributed by atoms with Gasteiger partial charge in [-0.15, -0.1) is 0 Å². The van der Waals surface area contributed by atoms with Gasteiger partial charge in [0, 0.05) is 38.8 Å². The number of benzene rings is 13. The Morgan fingerprint density at radius 2 is 0.800 bits per heavy atom. The minimum atomic E-state index is -0.531. The molecule has 2 heteroatoms. The van der Waals surface area contributed by atoms with Crippen LogP contribution in [-0.2, 0) is 5.41 Å². The summed E-state index contributed by atoms with van der Waals surface area (Å²) in [6, 6.07) is 108. The average Bonchev–Trinajstić information content (AvgIpc) is 4.05. The van der Waals surface area contributed by atoms with Crippen LogP contribution >= 0.6 is 0 Å². The zero-order valence-corrected chi connectivity index (χ0v) is 41.1. The highest BCUT2D eigenvalue weighted by Gasteiger charge is 2.47. The minimum Gasteiger partial charge on any atom is -0.310 e. The van der Waals surface area contributed by atoms with E-state index in [4.69, 9.17) is 0 Å². The third-order valence-electron chi connectivity index (χ3n) is 16.0. The summed E-state index contributed by atoms with van der Waals surface area (Å²) in [4.78, 5) is 2.48. The maximum atomic E-state index is 2.48. The Balaban J connectivity index is 0.911. The lowest BCUT2D eigenvalue weighted by molar-refractivity contribution is 0.768. The third kappa shape index (κ3) is 6.66. The molecule has 1 aliphatic carbocycles. The topological polar surface area (TPSA) is 8.17 Å². The van der Waals surface area contributed by atoms with E-state index in [2.05, 4.69) is 301 Å². The number of para-hydroxylation sites is 1. The molecule has 1 heterocycles. The number of anilines is 3. The summed E-state index contributed by atoms with van der Waals surface area (Å²) in [6.07, 6.45) is 0. The lowest BCUT2D eigenvalue weighted by Gasteiger charge is -2.34. The van der Waals surface area contributed by atoms with Gasteiger partial charge < -0.3 is 9.47 Å². The van der Waals surface area contributed by atoms with Crippen molar-refractivity contribution in [2.75, 3.05) is 4.90 Å². The summed E-state index contributed by atoms with van der Waals surface area (Å²) in [5, 5.41) is 10.0. The van der Waals surface area contributed by atoms with Crippen molar-refractivity contribution in [1.82, 2.24) is 4.57 Å². The highest BCUT2D eigenvalue weighted by Crippen LogP contribution is 2.59. The number of hydrogen-bond donors (Lipinski definition) is 0. The summed E-state index contributed by atoms with van der Waals surface area (Å²) in [7, 11) is 0. The number of fused-ring (bicyclic) bond motifs is 11. The van der Waals surface area contributed by atoms with E-state index in [0.29, 0.717) is 0 Å². The van der Waals surface area contributed by atoms with Crippen molar-refractivity contribution in [3.05, 3.63) is 313 Å². The van der Waals surface area contributed by atoms with Crippen molar-refractivity contribution >= 4 is 71.2 Å². The molecule has 1 aromatic heterocycles. The number of aromatic nitrogens is 1. The molecule has 350 valence electrons. The van der Waals surface area contributed by atoms with Crippen LogP contribution < -0.4 is 4.90 Å². The quantitative estimate of drug-likeness (QED) is 0.138. The molecule has 2 nitrogen and oxygen atoms in total. The van der Waals surface area contributed by atoms with Crippen LogP contribution in [0.2, 0.25) is 0 Å². The first-order valence-electron chi connectivity index (χ1n) is 26.0. The van der Waals surface area contributed by atoms with Crippen LogP contribution in [0.25, 0.3) is 93.2 Å². The molecule has 75 heavy (non-hydrogen) atoms. The lowest BCUT2D eigenvalue weighted by atomic mass is 9.68. The van der Waals surface area contributed by atoms with Crippen LogP contribution in [0.15, 0.2) is 291 Å². The van der Waals surface area contributed by atoms with Crippen molar-refractivity contribution in [1.29, 1.82) is 0 Å². The summed E-state index contributed by atoms with van der Waals surface area (Å²) in [5.41, 5.74) is 18.6. The lowest BCUT2D eigenvalue weighted by Crippen LogP contribution is -2.28. The third-order valence-corrected chi connectivity index (χ3v) is 16.0. The van der Waals surface area contributed by atoms with E-state index in [0.717, 1.165) is 28.3 Å². The predicted molar refractivity (Wildman–Crippen MR) is 316 cm³/mol. The van der Waals surface area contributed by atoms with Crippen LogP contribution in [0.4, 0.5) is 17.1 Å². The first kappa shape index (κ1) is 42.9. The highest BCUT2D eigenvalue weighted by atomic mass is 15.1. The van der Waals surface area contributed by atoms with E-state index in [1.165, 1.54) is 104 Å². The van der Waals surface area contributed by atoms with Crippen LogP contribution in [0.5, 0.6) is 0 Å². The molecule has 13 aromatic carbocycles. The first-order valence-corrected chi connectivity index (χ1v) is 26.0. The Bertz CT molecular complexity index is 4460. The molecule has 1 aliphatic rings. The van der Waals surface area contributed by atoms with Gasteiger partial charge >= 0.3 is 0 Å². The number of hydrogen-bond acceptors (Lipinski definition) is 1. The van der Waals surface area contributed by atoms with Crippen molar-refractivity contribution in [2.24, 2.45) is 0 Å². The fraction of sp³-hybridized carbons (Fsp3) is 0.0137. The largest absolute Gasteiger partial charge is 0.310 e. The van der Waals surface area contributed by atoms with E-state index in [1.807, 2.05) is 0 Å². The second-order valence-corrected chi connectivity index (χ2v) is 20.0. The highest BCUT2D eigenvalue weighted by molar-refractivity contribution is 6.19. The zero-order chi connectivity index (χ0) is 49.5. The monoisotopic (exact) mass is 952 g/mol. The maximum Gasteiger partial charge on any atom is 0.0714 e. The Morgan fingerprint density at radius 1 is 0.307 bits per heavy atom. The summed E-state index contributed by atoms with van der Waals surface area (Å²) >= 11 is 0. The molecule has 0 aliphatic heterocycles. The van der Waals surface area contributed by atoms with Gasteiger partial charge in [-0.1, -0.05) is 237 Å². The molecule has 0 unspecified atom stereocenters. The molecule has 0 saturated heterocycles. The molecule has 0 radical (unpaired) electrons. The number of nitrogens with zero attached hydrogens (tertiary/aromatic N) is 2. The van der Waals surface area contributed by atoms with E-state index in [9.17, 15) is 0 Å². The molecule has 15 rings (SSSR count). The van der Waals surface area contributed by atoms with Crippen LogP contribution in [0, 0.1) is 0 Å². The molecule has 0 spiro atoms. The Hall–Kier alpha value is -9.76. The van der Waals surface area contributed by atoms with Crippen molar-refractivity contribution in [3.8, 4) is 39.1 Å². The molecule has 0 bridgehead atoms. The van der Waals surface area contributed by atoms with E-state index in [-0.39, 0.29) is 0 Å². The van der Waals surface area contributed by atoms with Gasteiger partial charge in [-0.05, 0) is 132 Å². The van der Waals surface area contributed by atoms with E-state index in [1.54, 1.807) is 0 Å². The van der Waals surface area contributed by atoms with Gasteiger partial charge in [-0.25, -0.2) is 0 Å². The molecule has 0 atom stereocenters. The fourth-order valence-corrected chi connectivity index (χ4v) is 12.7. The van der Waals surface area contributed by atoms with Gasteiger partial charge in [-0.2, -0.15) is 0 Å². The Kier molecular flexibility index (Phi) is 9.83. The molecular weight excluding hydrogens is 905 g/mol. The van der Waals surface area contributed by atoms with Gasteiger partial charge in [0.1, 0.15) is 0 Å². The Morgan fingerprint density at radius 3 is 1.49 bits per heavy atom. The molecule has 14 aromatic rings. The van der Waals surface area contributed by atoms with Crippen LogP contribution in [0.1, 0.15) is 22.3 Å². The minimum absolute atomic E-state index is 0.531.